The molecule has 0 unspecified atom stereocenters. The van der Waals surface area contributed by atoms with Crippen LogP contribution in [0.25, 0.3) is 5.69 Å². The third-order valence-electron chi connectivity index (χ3n) is 2.09. The third-order valence-corrected chi connectivity index (χ3v) is 2.09. The number of H-pyrrole nitrogens is 1. The van der Waals surface area contributed by atoms with Gasteiger partial charge in [-0.05, 0) is 9.95 Å². The number of hydrogen-bond acceptors (Lipinski definition) is 4. The van der Waals surface area contributed by atoms with Crippen LogP contribution in [0, 0.1) is 0 Å². The first-order valence-electron chi connectivity index (χ1n) is 4.56. The van der Waals surface area contributed by atoms with Crippen molar-refractivity contribution in [1.29, 1.82) is 0 Å². The van der Waals surface area contributed by atoms with E-state index in [1.54, 1.807) is 32.4 Å². The van der Waals surface area contributed by atoms with Crippen molar-refractivity contribution in [2.24, 2.45) is 0 Å². The zero-order chi connectivity index (χ0) is 11.5. The molecule has 6 heteroatoms. The first-order chi connectivity index (χ1) is 7.72. The lowest BCUT2D eigenvalue weighted by Gasteiger charge is -2.03. The predicted molar refractivity (Wildman–Crippen MR) is 54.0 cm³/mol. The van der Waals surface area contributed by atoms with E-state index in [1.165, 1.54) is 10.9 Å². The molecule has 0 radical (unpaired) electrons. The lowest BCUT2D eigenvalue weighted by Crippen LogP contribution is -2.32. The van der Waals surface area contributed by atoms with Crippen molar-refractivity contribution < 1.29 is 18.7 Å². The fourth-order valence-corrected chi connectivity index (χ4v) is 1.31. The quantitative estimate of drug-likeness (QED) is 0.758. The molecule has 0 aliphatic carbocycles. The number of nitrogens with one attached hydrogen (secondary N) is 1. The number of aromatic nitrogens is 2. The summed E-state index contributed by atoms with van der Waals surface area (Å²) < 4.78 is 16.2. The van der Waals surface area contributed by atoms with Crippen molar-refractivity contribution in [2.45, 2.75) is 0 Å². The van der Waals surface area contributed by atoms with E-state index in [4.69, 9.17) is 9.47 Å². The van der Waals surface area contributed by atoms with E-state index in [1.807, 2.05) is 0 Å². The van der Waals surface area contributed by atoms with Crippen LogP contribution >= 0.6 is 0 Å². The smallest absolute Gasteiger partial charge is 0.427 e. The van der Waals surface area contributed by atoms with Gasteiger partial charge in [0.2, 0.25) is 5.69 Å². The molecule has 0 aliphatic rings. The fraction of sp³-hybridized carbons (Fsp3) is 0.200. The highest BCUT2D eigenvalue weighted by Crippen LogP contribution is 2.21. The molecule has 2 aromatic rings. The standard InChI is InChI=1S/C10H10N2O4/c1-14-8-3-7(4-9(5-8)15-2)12-6-10(13)16-11-12/h3-6H,1-2H3/p+1. The van der Waals surface area contributed by atoms with E-state index in [0.29, 0.717) is 17.2 Å². The van der Waals surface area contributed by atoms with Gasteiger partial charge in [-0.3, -0.25) is 4.52 Å². The average Bonchev–Trinajstić information content (AvgIpc) is 2.75. The summed E-state index contributed by atoms with van der Waals surface area (Å²) in [4.78, 5) is 10.9. The third kappa shape index (κ3) is 1.90. The van der Waals surface area contributed by atoms with Crippen molar-refractivity contribution in [1.82, 2.24) is 5.27 Å². The Morgan fingerprint density at radius 3 is 2.25 bits per heavy atom. The molecule has 6 nitrogen and oxygen atoms in total. The summed E-state index contributed by atoms with van der Waals surface area (Å²) in [5, 5.41) is 2.44. The molecular formula is C10H11N2O4+. The molecule has 1 aromatic carbocycles. The highest BCUT2D eigenvalue weighted by Gasteiger charge is 2.13. The van der Waals surface area contributed by atoms with Gasteiger partial charge in [-0.25, -0.2) is 4.79 Å². The molecule has 1 heterocycles. The molecule has 1 aromatic heterocycles. The van der Waals surface area contributed by atoms with E-state index < -0.39 is 5.63 Å². The Balaban J connectivity index is 2.51. The van der Waals surface area contributed by atoms with Crippen molar-refractivity contribution in [3.8, 4) is 17.2 Å². The second kappa shape index (κ2) is 4.09. The number of ether oxygens (including phenoxy) is 2. The van der Waals surface area contributed by atoms with Gasteiger partial charge in [0.05, 0.1) is 26.4 Å². The Morgan fingerprint density at radius 2 is 1.81 bits per heavy atom. The van der Waals surface area contributed by atoms with E-state index in [9.17, 15) is 4.79 Å². The van der Waals surface area contributed by atoms with Gasteiger partial charge in [0.25, 0.3) is 6.20 Å². The Bertz CT molecular complexity index is 521. The van der Waals surface area contributed by atoms with Crippen molar-refractivity contribution in [3.05, 3.63) is 34.8 Å². The van der Waals surface area contributed by atoms with Crippen molar-refractivity contribution in [2.75, 3.05) is 14.2 Å². The first-order valence-corrected chi connectivity index (χ1v) is 4.56. The molecule has 84 valence electrons. The largest absolute Gasteiger partial charge is 0.496 e. The molecule has 0 saturated heterocycles. The van der Waals surface area contributed by atoms with Gasteiger partial charge >= 0.3 is 5.63 Å². The van der Waals surface area contributed by atoms with Gasteiger partial charge in [-0.1, -0.05) is 0 Å². The topological polar surface area (TPSA) is 68.3 Å². The van der Waals surface area contributed by atoms with Crippen LogP contribution in [0.15, 0.2) is 33.7 Å². The number of benzene rings is 1. The van der Waals surface area contributed by atoms with E-state index in [-0.39, 0.29) is 0 Å². The van der Waals surface area contributed by atoms with Gasteiger partial charge in [-0.2, -0.15) is 0 Å². The number of nitrogens with zero attached hydrogens (tertiary/aromatic N) is 1. The molecule has 2 rings (SSSR count). The molecule has 0 spiro atoms. The minimum Gasteiger partial charge on any atom is -0.496 e. The van der Waals surface area contributed by atoms with Crippen LogP contribution in [0.5, 0.6) is 11.5 Å². The SMILES string of the molecule is COc1cc(OC)cc(-[n+]2cc(=O)o[nH]2)c1. The maximum absolute atomic E-state index is 10.9. The van der Waals surface area contributed by atoms with Crippen LogP contribution in [-0.4, -0.2) is 19.5 Å². The maximum Gasteiger partial charge on any atom is 0.427 e. The lowest BCUT2D eigenvalue weighted by molar-refractivity contribution is -0.670. The monoisotopic (exact) mass is 223 g/mol. The van der Waals surface area contributed by atoms with E-state index >= 15 is 0 Å². The van der Waals surface area contributed by atoms with Gasteiger partial charge in [0.1, 0.15) is 11.5 Å². The summed E-state index contributed by atoms with van der Waals surface area (Å²) in [5.74, 6) is 1.26. The summed E-state index contributed by atoms with van der Waals surface area (Å²) in [7, 11) is 3.11. The van der Waals surface area contributed by atoms with Gasteiger partial charge in [0, 0.05) is 6.07 Å². The molecule has 0 aliphatic heterocycles. The summed E-state index contributed by atoms with van der Waals surface area (Å²) in [6.07, 6.45) is 1.29. The number of hydrogen-bond donors (Lipinski definition) is 1. The molecule has 1 N–H and O–H groups in total. The molecular weight excluding hydrogens is 212 g/mol. The predicted octanol–water partition coefficient (Wildman–Crippen LogP) is 0.262. The van der Waals surface area contributed by atoms with Crippen LogP contribution in [0.4, 0.5) is 0 Å². The summed E-state index contributed by atoms with van der Waals surface area (Å²) in [6, 6.07) is 5.23. The van der Waals surface area contributed by atoms with E-state index in [0.717, 1.165) is 0 Å². The van der Waals surface area contributed by atoms with Gasteiger partial charge in [0.15, 0.2) is 0 Å². The summed E-state index contributed by atoms with van der Waals surface area (Å²) in [6.45, 7) is 0. The second-order valence-corrected chi connectivity index (χ2v) is 3.08. The molecule has 0 bridgehead atoms. The van der Waals surface area contributed by atoms with E-state index in [2.05, 4.69) is 9.79 Å². The molecule has 0 fully saturated rings. The van der Waals surface area contributed by atoms with Gasteiger partial charge < -0.3 is 9.47 Å². The van der Waals surface area contributed by atoms with Crippen molar-refractivity contribution >= 4 is 0 Å². The minimum absolute atomic E-state index is 0.457. The normalized spacial score (nSPS) is 10.1. The number of aromatic amines is 1. The molecule has 0 atom stereocenters. The fourth-order valence-electron chi connectivity index (χ4n) is 1.31. The number of rotatable bonds is 3. The maximum atomic E-state index is 10.9. The number of methoxy groups -OCH3 is 2. The average molecular weight is 223 g/mol. The molecule has 0 saturated carbocycles. The molecule has 0 amide bonds. The zero-order valence-corrected chi connectivity index (χ0v) is 8.89. The molecule has 16 heavy (non-hydrogen) atoms. The zero-order valence-electron chi connectivity index (χ0n) is 8.89. The Morgan fingerprint density at radius 1 is 1.19 bits per heavy atom. The minimum atomic E-state index is -0.457. The van der Waals surface area contributed by atoms with Crippen LogP contribution in [0.3, 0.4) is 0 Å². The summed E-state index contributed by atoms with van der Waals surface area (Å²) >= 11 is 0. The summed E-state index contributed by atoms with van der Waals surface area (Å²) in [5.41, 5.74) is 0.226. The lowest BCUT2D eigenvalue weighted by atomic mass is 10.3. The van der Waals surface area contributed by atoms with Crippen molar-refractivity contribution in [3.63, 3.8) is 0 Å². The Kier molecular flexibility index (Phi) is 2.63. The van der Waals surface area contributed by atoms with Gasteiger partial charge in [-0.15, -0.1) is 0 Å². The van der Waals surface area contributed by atoms with Crippen LogP contribution < -0.4 is 19.8 Å². The first kappa shape index (κ1) is 10.3. The Labute approximate surface area is 91.0 Å². The highest BCUT2D eigenvalue weighted by atomic mass is 16.5. The second-order valence-electron chi connectivity index (χ2n) is 3.08. The Hall–Kier alpha value is -2.24. The highest BCUT2D eigenvalue weighted by molar-refractivity contribution is 5.41. The van der Waals surface area contributed by atoms with Crippen LogP contribution in [0.1, 0.15) is 0 Å². The van der Waals surface area contributed by atoms with Crippen LogP contribution in [-0.2, 0) is 0 Å². The van der Waals surface area contributed by atoms with Crippen LogP contribution in [0.2, 0.25) is 0 Å².